The molecule has 0 saturated heterocycles. The molecule has 0 bridgehead atoms. The first-order valence-corrected chi connectivity index (χ1v) is 6.77. The van der Waals surface area contributed by atoms with Crippen molar-refractivity contribution >= 4 is 5.69 Å². The minimum Gasteiger partial charge on any atom is -0.373 e. The molecule has 0 heterocycles. The predicted octanol–water partition coefficient (Wildman–Crippen LogP) is 2.96. The largest absolute Gasteiger partial charge is 0.373 e. The average molecular weight is 232 g/mol. The van der Waals surface area contributed by atoms with Gasteiger partial charge in [0, 0.05) is 31.9 Å². The fourth-order valence-electron chi connectivity index (χ4n) is 2.49. The molecular formula is C15H24N2. The molecule has 1 aliphatic rings. The van der Waals surface area contributed by atoms with E-state index >= 15 is 0 Å². The lowest BCUT2D eigenvalue weighted by atomic mass is 10.2. The average Bonchev–Trinajstić information content (AvgIpc) is 2.83. The Hall–Kier alpha value is -1.02. The summed E-state index contributed by atoms with van der Waals surface area (Å²) in [7, 11) is 2.17. The van der Waals surface area contributed by atoms with Gasteiger partial charge in [0.2, 0.25) is 0 Å². The Morgan fingerprint density at radius 3 is 2.47 bits per heavy atom. The minimum absolute atomic E-state index is 0.779. The van der Waals surface area contributed by atoms with Crippen LogP contribution in [0.5, 0.6) is 0 Å². The number of hydrogen-bond acceptors (Lipinski definition) is 2. The molecule has 0 atom stereocenters. The van der Waals surface area contributed by atoms with Gasteiger partial charge < -0.3 is 10.2 Å². The summed E-state index contributed by atoms with van der Waals surface area (Å²) < 4.78 is 0. The maximum Gasteiger partial charge on any atom is 0.0364 e. The first-order valence-electron chi connectivity index (χ1n) is 6.77. The number of rotatable bonds is 5. The van der Waals surface area contributed by atoms with Crippen molar-refractivity contribution in [1.29, 1.82) is 0 Å². The van der Waals surface area contributed by atoms with Gasteiger partial charge >= 0.3 is 0 Å². The number of aryl methyl sites for hydroxylation is 1. The van der Waals surface area contributed by atoms with Crippen LogP contribution in [0.1, 0.15) is 31.2 Å². The zero-order valence-corrected chi connectivity index (χ0v) is 11.1. The van der Waals surface area contributed by atoms with Crippen molar-refractivity contribution in [3.8, 4) is 0 Å². The second kappa shape index (κ2) is 6.06. The van der Waals surface area contributed by atoms with Gasteiger partial charge in [-0.25, -0.2) is 0 Å². The summed E-state index contributed by atoms with van der Waals surface area (Å²) in [4.78, 5) is 2.32. The Balaban J connectivity index is 1.72. The molecule has 1 aromatic rings. The topological polar surface area (TPSA) is 15.3 Å². The van der Waals surface area contributed by atoms with Gasteiger partial charge in [0.05, 0.1) is 0 Å². The molecule has 1 saturated carbocycles. The summed E-state index contributed by atoms with van der Waals surface area (Å²) in [6.45, 7) is 4.31. The van der Waals surface area contributed by atoms with Crippen molar-refractivity contribution in [2.75, 3.05) is 25.0 Å². The molecule has 0 radical (unpaired) electrons. The zero-order chi connectivity index (χ0) is 12.1. The van der Waals surface area contributed by atoms with E-state index in [0.717, 1.165) is 19.1 Å². The molecule has 2 rings (SSSR count). The zero-order valence-electron chi connectivity index (χ0n) is 11.1. The van der Waals surface area contributed by atoms with Gasteiger partial charge in [0.25, 0.3) is 0 Å². The van der Waals surface area contributed by atoms with E-state index in [-0.39, 0.29) is 0 Å². The summed E-state index contributed by atoms with van der Waals surface area (Å²) >= 11 is 0. The highest BCUT2D eigenvalue weighted by molar-refractivity contribution is 5.46. The molecule has 0 spiro atoms. The highest BCUT2D eigenvalue weighted by Crippen LogP contribution is 2.17. The fourth-order valence-corrected chi connectivity index (χ4v) is 2.49. The van der Waals surface area contributed by atoms with Gasteiger partial charge in [-0.3, -0.25) is 0 Å². The van der Waals surface area contributed by atoms with E-state index in [2.05, 4.69) is 48.5 Å². The third kappa shape index (κ3) is 3.74. The molecule has 2 nitrogen and oxygen atoms in total. The summed E-state index contributed by atoms with van der Waals surface area (Å²) in [5.74, 6) is 0. The van der Waals surface area contributed by atoms with Crippen LogP contribution in [-0.4, -0.2) is 26.2 Å². The maximum absolute atomic E-state index is 3.65. The Kier molecular flexibility index (Phi) is 4.43. The maximum atomic E-state index is 3.65. The Morgan fingerprint density at radius 2 is 1.82 bits per heavy atom. The summed E-state index contributed by atoms with van der Waals surface area (Å²) in [5, 5.41) is 3.65. The van der Waals surface area contributed by atoms with Crippen LogP contribution >= 0.6 is 0 Å². The molecular weight excluding hydrogens is 208 g/mol. The van der Waals surface area contributed by atoms with E-state index in [4.69, 9.17) is 0 Å². The van der Waals surface area contributed by atoms with Crippen LogP contribution in [0.15, 0.2) is 24.3 Å². The van der Waals surface area contributed by atoms with E-state index < -0.39 is 0 Å². The molecule has 1 aliphatic carbocycles. The van der Waals surface area contributed by atoms with E-state index in [1.165, 1.54) is 36.9 Å². The first-order chi connectivity index (χ1) is 8.25. The summed E-state index contributed by atoms with van der Waals surface area (Å²) in [5.41, 5.74) is 2.63. The number of anilines is 1. The predicted molar refractivity (Wildman–Crippen MR) is 74.7 cm³/mol. The van der Waals surface area contributed by atoms with Gasteiger partial charge in [-0.2, -0.15) is 0 Å². The molecule has 0 aromatic heterocycles. The Labute approximate surface area is 105 Å². The van der Waals surface area contributed by atoms with E-state index in [9.17, 15) is 0 Å². The lowest BCUT2D eigenvalue weighted by Crippen LogP contribution is -2.34. The summed E-state index contributed by atoms with van der Waals surface area (Å²) in [6.07, 6.45) is 5.55. The van der Waals surface area contributed by atoms with Crippen molar-refractivity contribution in [1.82, 2.24) is 5.32 Å². The van der Waals surface area contributed by atoms with Crippen molar-refractivity contribution in [2.24, 2.45) is 0 Å². The smallest absolute Gasteiger partial charge is 0.0364 e. The highest BCUT2D eigenvalue weighted by atomic mass is 15.1. The molecule has 0 unspecified atom stereocenters. The van der Waals surface area contributed by atoms with Crippen LogP contribution in [0.25, 0.3) is 0 Å². The van der Waals surface area contributed by atoms with Crippen molar-refractivity contribution in [3.63, 3.8) is 0 Å². The second-order valence-corrected chi connectivity index (χ2v) is 5.19. The van der Waals surface area contributed by atoms with Crippen molar-refractivity contribution in [2.45, 2.75) is 38.6 Å². The van der Waals surface area contributed by atoms with E-state index in [1.807, 2.05) is 0 Å². The molecule has 2 heteroatoms. The fraction of sp³-hybridized carbons (Fsp3) is 0.600. The normalized spacial score (nSPS) is 16.4. The number of nitrogens with zero attached hydrogens (tertiary/aromatic N) is 1. The van der Waals surface area contributed by atoms with Crippen molar-refractivity contribution < 1.29 is 0 Å². The minimum atomic E-state index is 0.779. The lowest BCUT2D eigenvalue weighted by molar-refractivity contribution is 0.528. The molecule has 1 N–H and O–H groups in total. The quantitative estimate of drug-likeness (QED) is 0.839. The summed E-state index contributed by atoms with van der Waals surface area (Å²) in [6, 6.07) is 9.53. The Bertz CT molecular complexity index is 325. The van der Waals surface area contributed by atoms with Gasteiger partial charge in [-0.15, -0.1) is 0 Å². The van der Waals surface area contributed by atoms with E-state index in [0.29, 0.717) is 0 Å². The standard InChI is InChI=1S/C15H24N2/c1-13-7-9-15(10-8-13)17(2)12-11-16-14-5-3-4-6-14/h7-10,14,16H,3-6,11-12H2,1-2H3. The van der Waals surface area contributed by atoms with Gasteiger partial charge in [-0.05, 0) is 31.9 Å². The molecule has 1 aromatic carbocycles. The monoisotopic (exact) mass is 232 g/mol. The van der Waals surface area contributed by atoms with Crippen LogP contribution in [0.2, 0.25) is 0 Å². The van der Waals surface area contributed by atoms with Crippen molar-refractivity contribution in [3.05, 3.63) is 29.8 Å². The van der Waals surface area contributed by atoms with Crippen LogP contribution in [0.3, 0.4) is 0 Å². The van der Waals surface area contributed by atoms with Gasteiger partial charge in [-0.1, -0.05) is 30.5 Å². The number of nitrogens with one attached hydrogen (secondary N) is 1. The molecule has 0 aliphatic heterocycles. The third-order valence-corrected chi connectivity index (χ3v) is 3.71. The molecule has 94 valence electrons. The number of benzene rings is 1. The molecule has 17 heavy (non-hydrogen) atoms. The lowest BCUT2D eigenvalue weighted by Gasteiger charge is -2.21. The van der Waals surface area contributed by atoms with Gasteiger partial charge in [0.1, 0.15) is 0 Å². The van der Waals surface area contributed by atoms with Crippen LogP contribution < -0.4 is 10.2 Å². The number of hydrogen-bond donors (Lipinski definition) is 1. The first kappa shape index (κ1) is 12.4. The van der Waals surface area contributed by atoms with Crippen LogP contribution in [-0.2, 0) is 0 Å². The van der Waals surface area contributed by atoms with Crippen LogP contribution in [0.4, 0.5) is 5.69 Å². The highest BCUT2D eigenvalue weighted by Gasteiger charge is 2.13. The number of likely N-dealkylation sites (N-methyl/N-ethyl adjacent to an activating group) is 1. The van der Waals surface area contributed by atoms with Crippen LogP contribution in [0, 0.1) is 6.92 Å². The second-order valence-electron chi connectivity index (χ2n) is 5.19. The SMILES string of the molecule is Cc1ccc(N(C)CCNC2CCCC2)cc1. The van der Waals surface area contributed by atoms with Gasteiger partial charge in [0.15, 0.2) is 0 Å². The molecule has 0 amide bonds. The van der Waals surface area contributed by atoms with E-state index in [1.54, 1.807) is 0 Å². The Morgan fingerprint density at radius 1 is 1.18 bits per heavy atom. The third-order valence-electron chi connectivity index (χ3n) is 3.71. The molecule has 1 fully saturated rings.